The van der Waals surface area contributed by atoms with Crippen molar-refractivity contribution in [2.75, 3.05) is 13.7 Å². The average Bonchev–Trinajstić information content (AvgIpc) is 3.51. The molecular formula is C20H17N7O4. The molecule has 4 aromatic rings. The van der Waals surface area contributed by atoms with Crippen LogP contribution in [-0.4, -0.2) is 54.7 Å². The molecule has 3 aromatic heterocycles. The second-order valence-corrected chi connectivity index (χ2v) is 7.20. The van der Waals surface area contributed by atoms with Gasteiger partial charge < -0.3 is 9.47 Å². The molecule has 1 aliphatic rings. The Morgan fingerprint density at radius 1 is 1.32 bits per heavy atom. The number of nitrogens with zero attached hydrogens (tertiary/aromatic N) is 7. The molecule has 156 valence electrons. The van der Waals surface area contributed by atoms with Gasteiger partial charge in [0, 0.05) is 6.61 Å². The van der Waals surface area contributed by atoms with Gasteiger partial charge in [0.15, 0.2) is 0 Å². The standard InChI is InChI=1S/C20H17N7O4/c1-11-12(7-8-31-11)27-14-6-4-3-5-13(14)25-10-22-15(18(25)19(27)28)17-16(20(29)30-2)23-24-26(17)9-21/h3-6,10-12H,7-8H2,1-2H3. The Morgan fingerprint density at radius 2 is 2.10 bits per heavy atom. The molecule has 1 saturated heterocycles. The number of para-hydroxylation sites is 2. The third-order valence-corrected chi connectivity index (χ3v) is 5.63. The summed E-state index contributed by atoms with van der Waals surface area (Å²) in [5.74, 6) is -0.781. The van der Waals surface area contributed by atoms with Crippen molar-refractivity contribution in [3.8, 4) is 17.6 Å². The summed E-state index contributed by atoms with van der Waals surface area (Å²) in [6, 6.07) is 7.33. The summed E-state index contributed by atoms with van der Waals surface area (Å²) in [5.41, 5.74) is 1.34. The third-order valence-electron chi connectivity index (χ3n) is 5.63. The molecule has 0 N–H and O–H groups in total. The van der Waals surface area contributed by atoms with E-state index in [1.165, 1.54) is 13.4 Å². The lowest BCUT2D eigenvalue weighted by Gasteiger charge is -2.21. The Morgan fingerprint density at radius 3 is 2.77 bits per heavy atom. The second kappa shape index (κ2) is 7.03. The second-order valence-electron chi connectivity index (χ2n) is 7.20. The summed E-state index contributed by atoms with van der Waals surface area (Å²) < 4.78 is 14.7. The number of carbonyl (C=O) groups excluding carboxylic acids is 1. The summed E-state index contributed by atoms with van der Waals surface area (Å²) in [6.07, 6.45) is 3.87. The van der Waals surface area contributed by atoms with Gasteiger partial charge in [0.2, 0.25) is 11.9 Å². The zero-order valence-corrected chi connectivity index (χ0v) is 16.7. The van der Waals surface area contributed by atoms with Crippen molar-refractivity contribution in [2.24, 2.45) is 0 Å². The number of aromatic nitrogens is 6. The number of hydrogen-bond donors (Lipinski definition) is 0. The van der Waals surface area contributed by atoms with Gasteiger partial charge in [0.05, 0.1) is 30.3 Å². The maximum absolute atomic E-state index is 13.8. The molecule has 0 saturated carbocycles. The molecule has 2 unspecified atom stereocenters. The van der Waals surface area contributed by atoms with E-state index < -0.39 is 5.97 Å². The quantitative estimate of drug-likeness (QED) is 0.455. The Balaban J connectivity index is 1.90. The molecular weight excluding hydrogens is 402 g/mol. The summed E-state index contributed by atoms with van der Waals surface area (Å²) in [4.78, 5) is 30.4. The van der Waals surface area contributed by atoms with Crippen LogP contribution in [0.5, 0.6) is 0 Å². The number of hydrogen-bond acceptors (Lipinski definition) is 8. The molecule has 2 atom stereocenters. The number of esters is 1. The Kier molecular flexibility index (Phi) is 4.30. The molecule has 1 aliphatic heterocycles. The summed E-state index contributed by atoms with van der Waals surface area (Å²) >= 11 is 0. The summed E-state index contributed by atoms with van der Waals surface area (Å²) in [5, 5.41) is 16.9. The molecule has 11 nitrogen and oxygen atoms in total. The van der Waals surface area contributed by atoms with Gasteiger partial charge in [0.25, 0.3) is 5.56 Å². The van der Waals surface area contributed by atoms with Crippen LogP contribution >= 0.6 is 0 Å². The van der Waals surface area contributed by atoms with Crippen molar-refractivity contribution in [3.05, 3.63) is 46.6 Å². The first-order valence-electron chi connectivity index (χ1n) is 9.63. The normalized spacial score (nSPS) is 18.5. The van der Waals surface area contributed by atoms with Gasteiger partial charge in [-0.05, 0) is 25.5 Å². The highest BCUT2D eigenvalue weighted by Gasteiger charge is 2.32. The minimum Gasteiger partial charge on any atom is -0.464 e. The SMILES string of the molecule is COC(=O)c1nnn(C#N)c1-c1ncn2c1c(=O)n(C1CCOC1C)c1ccccc12. The largest absolute Gasteiger partial charge is 0.464 e. The average molecular weight is 419 g/mol. The molecule has 31 heavy (non-hydrogen) atoms. The van der Waals surface area contributed by atoms with Crippen molar-refractivity contribution >= 4 is 22.5 Å². The first-order chi connectivity index (χ1) is 15.1. The monoisotopic (exact) mass is 419 g/mol. The van der Waals surface area contributed by atoms with Gasteiger partial charge in [-0.1, -0.05) is 17.3 Å². The van der Waals surface area contributed by atoms with E-state index >= 15 is 0 Å². The first kappa shape index (κ1) is 19.0. The van der Waals surface area contributed by atoms with E-state index in [1.54, 1.807) is 8.97 Å². The zero-order chi connectivity index (χ0) is 21.7. The molecule has 4 heterocycles. The van der Waals surface area contributed by atoms with Gasteiger partial charge in [-0.3, -0.25) is 13.8 Å². The smallest absolute Gasteiger partial charge is 0.361 e. The Labute approximate surface area is 175 Å². The molecule has 11 heteroatoms. The van der Waals surface area contributed by atoms with Crippen LogP contribution in [0.25, 0.3) is 27.9 Å². The molecule has 0 amide bonds. The van der Waals surface area contributed by atoms with E-state index in [-0.39, 0.29) is 40.3 Å². The maximum atomic E-state index is 13.8. The minimum absolute atomic E-state index is 0.00602. The predicted molar refractivity (Wildman–Crippen MR) is 107 cm³/mol. The molecule has 0 bridgehead atoms. The van der Waals surface area contributed by atoms with Gasteiger partial charge in [0.1, 0.15) is 23.2 Å². The highest BCUT2D eigenvalue weighted by atomic mass is 16.5. The maximum Gasteiger partial charge on any atom is 0.361 e. The van der Waals surface area contributed by atoms with Crippen molar-refractivity contribution < 1.29 is 14.3 Å². The van der Waals surface area contributed by atoms with Crippen LogP contribution in [0.3, 0.4) is 0 Å². The summed E-state index contributed by atoms with van der Waals surface area (Å²) in [6.45, 7) is 2.49. The van der Waals surface area contributed by atoms with Gasteiger partial charge in [-0.25, -0.2) is 9.78 Å². The van der Waals surface area contributed by atoms with E-state index in [1.807, 2.05) is 37.4 Å². The van der Waals surface area contributed by atoms with Crippen molar-refractivity contribution in [1.29, 1.82) is 5.26 Å². The number of carbonyl (C=O) groups is 1. The summed E-state index contributed by atoms with van der Waals surface area (Å²) in [7, 11) is 1.20. The zero-order valence-electron chi connectivity index (χ0n) is 16.7. The van der Waals surface area contributed by atoms with E-state index in [9.17, 15) is 14.9 Å². The van der Waals surface area contributed by atoms with Crippen LogP contribution in [0.4, 0.5) is 0 Å². The van der Waals surface area contributed by atoms with Crippen LogP contribution in [0, 0.1) is 11.5 Å². The van der Waals surface area contributed by atoms with Crippen LogP contribution in [-0.2, 0) is 9.47 Å². The fraction of sp³-hybridized carbons (Fsp3) is 0.300. The topological polar surface area (TPSA) is 129 Å². The molecule has 1 fully saturated rings. The fourth-order valence-corrected chi connectivity index (χ4v) is 4.19. The molecule has 5 rings (SSSR count). The van der Waals surface area contributed by atoms with E-state index in [2.05, 4.69) is 15.3 Å². The minimum atomic E-state index is -0.781. The third kappa shape index (κ3) is 2.65. The molecule has 1 aromatic carbocycles. The number of ether oxygens (including phenoxy) is 2. The number of imidazole rings is 1. The van der Waals surface area contributed by atoms with Gasteiger partial charge in [-0.2, -0.15) is 5.26 Å². The lowest BCUT2D eigenvalue weighted by Crippen LogP contribution is -2.30. The van der Waals surface area contributed by atoms with Gasteiger partial charge in [-0.15, -0.1) is 9.78 Å². The van der Waals surface area contributed by atoms with Crippen LogP contribution in [0.15, 0.2) is 35.4 Å². The number of benzene rings is 1. The highest BCUT2D eigenvalue weighted by molar-refractivity contribution is 5.96. The Hall–Kier alpha value is -4.04. The fourth-order valence-electron chi connectivity index (χ4n) is 4.19. The number of methoxy groups -OCH3 is 1. The predicted octanol–water partition coefficient (Wildman–Crippen LogP) is 1.37. The lowest BCUT2D eigenvalue weighted by atomic mass is 10.1. The number of nitriles is 1. The van der Waals surface area contributed by atoms with E-state index in [4.69, 9.17) is 9.47 Å². The van der Waals surface area contributed by atoms with Crippen LogP contribution in [0.1, 0.15) is 29.9 Å². The first-order valence-corrected chi connectivity index (χ1v) is 9.63. The van der Waals surface area contributed by atoms with E-state index in [0.717, 1.165) is 15.7 Å². The molecule has 0 radical (unpaired) electrons. The van der Waals surface area contributed by atoms with E-state index in [0.29, 0.717) is 13.0 Å². The van der Waals surface area contributed by atoms with Crippen LogP contribution in [0.2, 0.25) is 0 Å². The lowest BCUT2D eigenvalue weighted by molar-refractivity contribution is 0.0595. The van der Waals surface area contributed by atoms with Crippen molar-refractivity contribution in [3.63, 3.8) is 0 Å². The Bertz CT molecular complexity index is 1440. The van der Waals surface area contributed by atoms with Crippen molar-refractivity contribution in [2.45, 2.75) is 25.5 Å². The van der Waals surface area contributed by atoms with Crippen LogP contribution < -0.4 is 5.56 Å². The highest BCUT2D eigenvalue weighted by Crippen LogP contribution is 2.31. The number of fused-ring (bicyclic) bond motifs is 3. The molecule has 0 spiro atoms. The molecule has 0 aliphatic carbocycles. The van der Waals surface area contributed by atoms with Gasteiger partial charge >= 0.3 is 5.97 Å². The van der Waals surface area contributed by atoms with Crippen molar-refractivity contribution in [1.82, 2.24) is 28.9 Å². The number of rotatable bonds is 3.